The molecule has 4 nitrogen and oxygen atoms in total. The first-order valence-electron chi connectivity index (χ1n) is 6.37. The molecule has 1 saturated carbocycles. The highest BCUT2D eigenvalue weighted by molar-refractivity contribution is 5.77. The normalized spacial score (nSPS) is 18.6. The number of nitrogens with zero attached hydrogens (tertiary/aromatic N) is 1. The summed E-state index contributed by atoms with van der Waals surface area (Å²) in [7, 11) is 1.68. The van der Waals surface area contributed by atoms with Gasteiger partial charge in [-0.05, 0) is 40.0 Å². The van der Waals surface area contributed by atoms with Gasteiger partial charge in [0.05, 0.1) is 17.6 Å². The van der Waals surface area contributed by atoms with Gasteiger partial charge in [0.2, 0.25) is 5.91 Å². The van der Waals surface area contributed by atoms with Crippen molar-refractivity contribution in [2.75, 3.05) is 20.2 Å². The molecule has 4 heteroatoms. The van der Waals surface area contributed by atoms with Crippen molar-refractivity contribution in [3.63, 3.8) is 0 Å². The molecular formula is C13H25NO3. The number of carbonyl (C=O) groups is 1. The molecule has 0 aromatic carbocycles. The molecule has 1 aliphatic rings. The highest BCUT2D eigenvalue weighted by Gasteiger charge is 2.40. The van der Waals surface area contributed by atoms with Crippen LogP contribution in [0.25, 0.3) is 0 Å². The van der Waals surface area contributed by atoms with Gasteiger partial charge in [-0.3, -0.25) is 4.79 Å². The number of ether oxygens (including phenoxy) is 1. The molecule has 0 atom stereocenters. The van der Waals surface area contributed by atoms with Crippen LogP contribution in [0.3, 0.4) is 0 Å². The number of rotatable bonds is 6. The van der Waals surface area contributed by atoms with E-state index in [0.29, 0.717) is 19.5 Å². The molecule has 100 valence electrons. The van der Waals surface area contributed by atoms with Crippen molar-refractivity contribution >= 4 is 5.91 Å². The van der Waals surface area contributed by atoms with Gasteiger partial charge in [-0.25, -0.2) is 0 Å². The molecule has 0 spiro atoms. The first-order chi connectivity index (χ1) is 7.82. The van der Waals surface area contributed by atoms with Crippen LogP contribution in [0, 0.1) is 0 Å². The predicted molar refractivity (Wildman–Crippen MR) is 66.8 cm³/mol. The maximum absolute atomic E-state index is 12.2. The second kappa shape index (κ2) is 5.36. The van der Waals surface area contributed by atoms with Crippen LogP contribution >= 0.6 is 0 Å². The molecule has 0 aromatic rings. The number of aliphatic hydroxyl groups is 1. The zero-order chi connectivity index (χ0) is 13.1. The molecule has 0 unspecified atom stereocenters. The summed E-state index contributed by atoms with van der Waals surface area (Å²) in [5, 5.41) is 9.77. The molecule has 0 aliphatic heterocycles. The molecule has 0 saturated heterocycles. The number of hydrogen-bond donors (Lipinski definition) is 1. The Labute approximate surface area is 104 Å². The van der Waals surface area contributed by atoms with Crippen molar-refractivity contribution in [1.82, 2.24) is 4.90 Å². The van der Waals surface area contributed by atoms with E-state index in [4.69, 9.17) is 4.74 Å². The number of carbonyl (C=O) groups excluding carboxylic acids is 1. The maximum atomic E-state index is 12.2. The highest BCUT2D eigenvalue weighted by atomic mass is 16.5. The van der Waals surface area contributed by atoms with Crippen LogP contribution in [0.2, 0.25) is 0 Å². The van der Waals surface area contributed by atoms with Gasteiger partial charge in [0, 0.05) is 20.2 Å². The lowest BCUT2D eigenvalue weighted by Crippen LogP contribution is -2.48. The Morgan fingerprint density at radius 3 is 2.35 bits per heavy atom. The van der Waals surface area contributed by atoms with Crippen LogP contribution in [-0.2, 0) is 9.53 Å². The molecule has 0 bridgehead atoms. The van der Waals surface area contributed by atoms with E-state index in [0.717, 1.165) is 19.3 Å². The molecule has 1 amide bonds. The van der Waals surface area contributed by atoms with Crippen LogP contribution < -0.4 is 0 Å². The Balaban J connectivity index is 2.54. The predicted octanol–water partition coefficient (Wildman–Crippen LogP) is 1.56. The largest absolute Gasteiger partial charge is 0.389 e. The molecule has 1 aliphatic carbocycles. The molecule has 1 rings (SSSR count). The highest BCUT2D eigenvalue weighted by Crippen LogP contribution is 2.38. The van der Waals surface area contributed by atoms with Gasteiger partial charge in [-0.2, -0.15) is 0 Å². The monoisotopic (exact) mass is 243 g/mol. The van der Waals surface area contributed by atoms with E-state index in [2.05, 4.69) is 0 Å². The summed E-state index contributed by atoms with van der Waals surface area (Å²) in [5.74, 6) is 0.0798. The third-order valence-electron chi connectivity index (χ3n) is 3.48. The lowest BCUT2D eigenvalue weighted by molar-refractivity contribution is -0.146. The number of methoxy groups -OCH3 is 1. The number of hydrogen-bond acceptors (Lipinski definition) is 3. The average molecular weight is 243 g/mol. The fourth-order valence-corrected chi connectivity index (χ4v) is 2.25. The van der Waals surface area contributed by atoms with Crippen molar-refractivity contribution in [3.8, 4) is 0 Å². The minimum Gasteiger partial charge on any atom is -0.389 e. The lowest BCUT2D eigenvalue weighted by atomic mass is 9.77. The van der Waals surface area contributed by atoms with E-state index < -0.39 is 5.60 Å². The fourth-order valence-electron chi connectivity index (χ4n) is 2.25. The quantitative estimate of drug-likeness (QED) is 0.770. The first-order valence-corrected chi connectivity index (χ1v) is 6.37. The van der Waals surface area contributed by atoms with Gasteiger partial charge < -0.3 is 14.7 Å². The van der Waals surface area contributed by atoms with Gasteiger partial charge in [0.1, 0.15) is 0 Å². The van der Waals surface area contributed by atoms with E-state index >= 15 is 0 Å². The summed E-state index contributed by atoms with van der Waals surface area (Å²) >= 11 is 0. The van der Waals surface area contributed by atoms with E-state index in [9.17, 15) is 9.90 Å². The van der Waals surface area contributed by atoms with Crippen LogP contribution in [0.4, 0.5) is 0 Å². The SMILES string of the molecule is CCN(CC(C)(C)O)C(=O)CC1(OC)CCC1. The van der Waals surface area contributed by atoms with Crippen molar-refractivity contribution in [2.45, 2.75) is 57.7 Å². The van der Waals surface area contributed by atoms with E-state index in [1.807, 2.05) is 6.92 Å². The Hall–Kier alpha value is -0.610. The van der Waals surface area contributed by atoms with Gasteiger partial charge in [0.15, 0.2) is 0 Å². The summed E-state index contributed by atoms with van der Waals surface area (Å²) in [5.41, 5.74) is -1.07. The molecule has 17 heavy (non-hydrogen) atoms. The van der Waals surface area contributed by atoms with Crippen LogP contribution in [-0.4, -0.2) is 47.3 Å². The Morgan fingerprint density at radius 1 is 1.47 bits per heavy atom. The third-order valence-corrected chi connectivity index (χ3v) is 3.48. The van der Waals surface area contributed by atoms with Crippen LogP contribution in [0.5, 0.6) is 0 Å². The number of likely N-dealkylation sites (N-methyl/N-ethyl adjacent to an activating group) is 1. The molecular weight excluding hydrogens is 218 g/mol. The zero-order valence-corrected chi connectivity index (χ0v) is 11.5. The summed E-state index contributed by atoms with van der Waals surface area (Å²) in [4.78, 5) is 13.9. The topological polar surface area (TPSA) is 49.8 Å². The van der Waals surface area contributed by atoms with Crippen LogP contribution in [0.1, 0.15) is 46.5 Å². The second-order valence-electron chi connectivity index (χ2n) is 5.64. The average Bonchev–Trinajstić information content (AvgIpc) is 2.18. The molecule has 1 N–H and O–H groups in total. The fraction of sp³-hybridized carbons (Fsp3) is 0.923. The smallest absolute Gasteiger partial charge is 0.225 e. The maximum Gasteiger partial charge on any atom is 0.225 e. The second-order valence-corrected chi connectivity index (χ2v) is 5.64. The van der Waals surface area contributed by atoms with E-state index in [1.165, 1.54) is 0 Å². The standard InChI is InChI=1S/C13H25NO3/c1-5-14(10-12(2,3)16)11(15)9-13(17-4)7-6-8-13/h16H,5-10H2,1-4H3. The Bertz CT molecular complexity index is 261. The molecule has 0 heterocycles. The summed E-state index contributed by atoms with van der Waals surface area (Å²) in [6.45, 7) is 6.38. The first kappa shape index (κ1) is 14.5. The Kier molecular flexibility index (Phi) is 4.55. The van der Waals surface area contributed by atoms with Crippen molar-refractivity contribution in [1.29, 1.82) is 0 Å². The molecule has 0 aromatic heterocycles. The van der Waals surface area contributed by atoms with Crippen molar-refractivity contribution in [2.24, 2.45) is 0 Å². The van der Waals surface area contributed by atoms with E-state index in [-0.39, 0.29) is 11.5 Å². The van der Waals surface area contributed by atoms with Gasteiger partial charge >= 0.3 is 0 Å². The third kappa shape index (κ3) is 3.96. The minimum absolute atomic E-state index is 0.0798. The molecule has 0 radical (unpaired) electrons. The summed E-state index contributed by atoms with van der Waals surface area (Å²) in [6.07, 6.45) is 3.51. The van der Waals surface area contributed by atoms with Gasteiger partial charge in [0.25, 0.3) is 0 Å². The van der Waals surface area contributed by atoms with Crippen molar-refractivity contribution < 1.29 is 14.6 Å². The minimum atomic E-state index is -0.842. The Morgan fingerprint density at radius 2 is 2.06 bits per heavy atom. The van der Waals surface area contributed by atoms with Crippen molar-refractivity contribution in [3.05, 3.63) is 0 Å². The summed E-state index contributed by atoms with van der Waals surface area (Å²) < 4.78 is 5.46. The van der Waals surface area contributed by atoms with Gasteiger partial charge in [-0.1, -0.05) is 0 Å². The lowest BCUT2D eigenvalue weighted by Gasteiger charge is -2.41. The van der Waals surface area contributed by atoms with Gasteiger partial charge in [-0.15, -0.1) is 0 Å². The molecule has 1 fully saturated rings. The number of amides is 1. The van der Waals surface area contributed by atoms with E-state index in [1.54, 1.807) is 25.9 Å². The van der Waals surface area contributed by atoms with Crippen LogP contribution in [0.15, 0.2) is 0 Å². The zero-order valence-electron chi connectivity index (χ0n) is 11.5. The summed E-state index contributed by atoms with van der Waals surface area (Å²) in [6, 6.07) is 0.